The number of benzene rings is 1. The fourth-order valence-corrected chi connectivity index (χ4v) is 3.17. The molecule has 20 heavy (non-hydrogen) atoms. The Labute approximate surface area is 124 Å². The van der Waals surface area contributed by atoms with Crippen LogP contribution in [0.2, 0.25) is 5.02 Å². The first-order chi connectivity index (χ1) is 9.67. The number of halogens is 2. The van der Waals surface area contributed by atoms with E-state index in [1.165, 1.54) is 18.9 Å². The number of nitrogens with one attached hydrogen (secondary N) is 1. The van der Waals surface area contributed by atoms with Crippen LogP contribution in [0.25, 0.3) is 0 Å². The third-order valence-electron chi connectivity index (χ3n) is 4.32. The van der Waals surface area contributed by atoms with Gasteiger partial charge in [0.1, 0.15) is 5.82 Å². The van der Waals surface area contributed by atoms with Gasteiger partial charge in [-0.2, -0.15) is 0 Å². The predicted octanol–water partition coefficient (Wildman–Crippen LogP) is 3.57. The Morgan fingerprint density at radius 3 is 2.95 bits per heavy atom. The van der Waals surface area contributed by atoms with Crippen molar-refractivity contribution in [2.24, 2.45) is 5.41 Å². The van der Waals surface area contributed by atoms with E-state index in [4.69, 9.17) is 16.3 Å². The van der Waals surface area contributed by atoms with Crippen LogP contribution in [-0.4, -0.2) is 25.8 Å². The summed E-state index contributed by atoms with van der Waals surface area (Å²) in [5, 5.41) is 4.26. The number of hydrogen-bond acceptors (Lipinski definition) is 2. The van der Waals surface area contributed by atoms with Crippen LogP contribution >= 0.6 is 11.6 Å². The van der Waals surface area contributed by atoms with E-state index in [9.17, 15) is 4.39 Å². The average Bonchev–Trinajstić information content (AvgIpc) is 3.26. The summed E-state index contributed by atoms with van der Waals surface area (Å²) in [5.74, 6) is -0.216. The molecule has 1 saturated heterocycles. The molecule has 1 heterocycles. The van der Waals surface area contributed by atoms with E-state index in [-0.39, 0.29) is 11.2 Å². The van der Waals surface area contributed by atoms with Gasteiger partial charge >= 0.3 is 0 Å². The molecule has 1 aromatic carbocycles. The highest BCUT2D eigenvalue weighted by Gasteiger charge is 2.35. The number of hydrogen-bond donors (Lipinski definition) is 1. The van der Waals surface area contributed by atoms with Crippen LogP contribution in [0.1, 0.15) is 31.2 Å². The minimum absolute atomic E-state index is 0.0538. The molecule has 1 unspecified atom stereocenters. The molecule has 1 N–H and O–H groups in total. The van der Waals surface area contributed by atoms with Gasteiger partial charge in [0, 0.05) is 29.6 Å². The minimum atomic E-state index is -0.216. The quantitative estimate of drug-likeness (QED) is 0.897. The zero-order chi connectivity index (χ0) is 14.0. The Bertz CT molecular complexity index is 470. The van der Waals surface area contributed by atoms with E-state index in [1.54, 1.807) is 12.1 Å². The highest BCUT2D eigenvalue weighted by Crippen LogP contribution is 2.35. The maximum absolute atomic E-state index is 13.4. The molecule has 2 nitrogen and oxygen atoms in total. The molecule has 0 aromatic heterocycles. The molecule has 4 heteroatoms. The van der Waals surface area contributed by atoms with Crippen LogP contribution in [0.15, 0.2) is 18.2 Å². The molecule has 0 bridgehead atoms. The molecule has 1 atom stereocenters. The second-order valence-corrected chi connectivity index (χ2v) is 6.63. The second-order valence-electron chi connectivity index (χ2n) is 6.22. The molecular weight excluding hydrogens is 277 g/mol. The normalized spacial score (nSPS) is 26.7. The highest BCUT2D eigenvalue weighted by atomic mass is 35.5. The van der Waals surface area contributed by atoms with Crippen molar-refractivity contribution >= 4 is 11.6 Å². The van der Waals surface area contributed by atoms with Crippen LogP contribution in [0.5, 0.6) is 0 Å². The van der Waals surface area contributed by atoms with E-state index in [2.05, 4.69) is 5.32 Å². The fourth-order valence-electron chi connectivity index (χ4n) is 2.98. The summed E-state index contributed by atoms with van der Waals surface area (Å²) in [7, 11) is 0. The summed E-state index contributed by atoms with van der Waals surface area (Å²) in [6.45, 7) is 2.51. The Morgan fingerprint density at radius 1 is 1.40 bits per heavy atom. The van der Waals surface area contributed by atoms with Gasteiger partial charge in [0.2, 0.25) is 0 Å². The summed E-state index contributed by atoms with van der Waals surface area (Å²) in [6, 6.07) is 5.31. The summed E-state index contributed by atoms with van der Waals surface area (Å²) in [5.41, 5.74) is 0.952. The molecule has 1 aromatic rings. The van der Waals surface area contributed by atoms with E-state index in [1.807, 2.05) is 0 Å². The van der Waals surface area contributed by atoms with Crippen LogP contribution in [-0.2, 0) is 11.2 Å². The molecule has 1 aliphatic carbocycles. The lowest BCUT2D eigenvalue weighted by molar-refractivity contribution is -0.00736. The molecule has 0 radical (unpaired) electrons. The average molecular weight is 298 g/mol. The zero-order valence-electron chi connectivity index (χ0n) is 11.6. The third kappa shape index (κ3) is 3.51. The Morgan fingerprint density at radius 2 is 2.25 bits per heavy atom. The molecule has 2 aliphatic rings. The van der Waals surface area contributed by atoms with Crippen molar-refractivity contribution in [2.45, 2.75) is 38.1 Å². The van der Waals surface area contributed by atoms with Gasteiger partial charge in [-0.05, 0) is 55.9 Å². The van der Waals surface area contributed by atoms with Crippen LogP contribution in [0.3, 0.4) is 0 Å². The van der Waals surface area contributed by atoms with Crippen molar-refractivity contribution in [3.05, 3.63) is 34.6 Å². The van der Waals surface area contributed by atoms with Crippen molar-refractivity contribution in [3.8, 4) is 0 Å². The van der Waals surface area contributed by atoms with Gasteiger partial charge in [-0.25, -0.2) is 4.39 Å². The monoisotopic (exact) mass is 297 g/mol. The van der Waals surface area contributed by atoms with Gasteiger partial charge in [-0.1, -0.05) is 11.6 Å². The van der Waals surface area contributed by atoms with Crippen LogP contribution < -0.4 is 5.32 Å². The molecule has 1 aliphatic heterocycles. The number of ether oxygens (including phenoxy) is 1. The molecule has 1 saturated carbocycles. The van der Waals surface area contributed by atoms with Crippen molar-refractivity contribution in [3.63, 3.8) is 0 Å². The summed E-state index contributed by atoms with van der Waals surface area (Å²) in [6.07, 6.45) is 5.51. The molecular formula is C16H21ClFNO. The van der Waals surface area contributed by atoms with Crippen molar-refractivity contribution in [1.82, 2.24) is 5.32 Å². The van der Waals surface area contributed by atoms with Gasteiger partial charge in [-0.15, -0.1) is 0 Å². The largest absolute Gasteiger partial charge is 0.381 e. The zero-order valence-corrected chi connectivity index (χ0v) is 12.4. The summed E-state index contributed by atoms with van der Waals surface area (Å²) in [4.78, 5) is 0. The maximum atomic E-state index is 13.4. The van der Waals surface area contributed by atoms with E-state index >= 15 is 0 Å². The summed E-state index contributed by atoms with van der Waals surface area (Å²) < 4.78 is 19.1. The lowest BCUT2D eigenvalue weighted by Crippen LogP contribution is -2.43. The minimum Gasteiger partial charge on any atom is -0.381 e. The lowest BCUT2D eigenvalue weighted by atomic mass is 9.77. The van der Waals surface area contributed by atoms with E-state index < -0.39 is 0 Å². The van der Waals surface area contributed by atoms with E-state index in [0.29, 0.717) is 11.1 Å². The fraction of sp³-hybridized carbons (Fsp3) is 0.625. The van der Waals surface area contributed by atoms with Crippen LogP contribution in [0.4, 0.5) is 4.39 Å². The van der Waals surface area contributed by atoms with Crippen molar-refractivity contribution < 1.29 is 9.13 Å². The molecule has 2 fully saturated rings. The first-order valence-electron chi connectivity index (χ1n) is 7.42. The maximum Gasteiger partial charge on any atom is 0.123 e. The highest BCUT2D eigenvalue weighted by molar-refractivity contribution is 6.31. The second kappa shape index (κ2) is 6.00. The van der Waals surface area contributed by atoms with Crippen LogP contribution in [0, 0.1) is 11.2 Å². The molecule has 110 valence electrons. The van der Waals surface area contributed by atoms with Crippen molar-refractivity contribution in [2.75, 3.05) is 19.8 Å². The van der Waals surface area contributed by atoms with Gasteiger partial charge < -0.3 is 10.1 Å². The number of rotatable bonds is 5. The first-order valence-corrected chi connectivity index (χ1v) is 7.80. The van der Waals surface area contributed by atoms with E-state index in [0.717, 1.165) is 44.6 Å². The molecule has 0 amide bonds. The topological polar surface area (TPSA) is 21.3 Å². The Balaban J connectivity index is 1.75. The molecule has 3 rings (SSSR count). The third-order valence-corrected chi connectivity index (χ3v) is 4.69. The van der Waals surface area contributed by atoms with Gasteiger partial charge in [-0.3, -0.25) is 0 Å². The lowest BCUT2D eigenvalue weighted by Gasteiger charge is -2.38. The van der Waals surface area contributed by atoms with Gasteiger partial charge in [0.25, 0.3) is 0 Å². The Hall–Kier alpha value is -0.640. The predicted molar refractivity (Wildman–Crippen MR) is 78.6 cm³/mol. The SMILES string of the molecule is Fc1ccc(Cl)c(CC2(CNC3CC3)CCCOC2)c1. The van der Waals surface area contributed by atoms with Gasteiger partial charge in [0.15, 0.2) is 0 Å². The van der Waals surface area contributed by atoms with Gasteiger partial charge in [0.05, 0.1) is 6.61 Å². The standard InChI is InChI=1S/C16H21ClFNO/c17-15-5-2-13(18)8-12(15)9-16(6-1-7-20-11-16)10-19-14-3-4-14/h2,5,8,14,19H,1,3-4,6-7,9-11H2. The molecule has 0 spiro atoms. The first kappa shape index (κ1) is 14.3. The smallest absolute Gasteiger partial charge is 0.123 e. The summed E-state index contributed by atoms with van der Waals surface area (Å²) >= 11 is 6.22. The Kier molecular flexibility index (Phi) is 4.29. The van der Waals surface area contributed by atoms with Crippen molar-refractivity contribution in [1.29, 1.82) is 0 Å².